The van der Waals surface area contributed by atoms with E-state index in [1.165, 1.54) is 0 Å². The summed E-state index contributed by atoms with van der Waals surface area (Å²) in [6.07, 6.45) is 4.54. The molecule has 0 aliphatic heterocycles. The monoisotopic (exact) mass is 440 g/mol. The molecule has 6 nitrogen and oxygen atoms in total. The highest BCUT2D eigenvalue weighted by Crippen LogP contribution is 2.32. The van der Waals surface area contributed by atoms with E-state index >= 15 is 0 Å². The highest BCUT2D eigenvalue weighted by Gasteiger charge is 2.11. The molecule has 2 aromatic rings. The quantitative estimate of drug-likeness (QED) is 0.172. The maximum atomic E-state index is 9.95. The third-order valence-electron chi connectivity index (χ3n) is 5.54. The van der Waals surface area contributed by atoms with Crippen LogP contribution < -0.4 is 10.6 Å². The summed E-state index contributed by atoms with van der Waals surface area (Å²) in [7, 11) is 0. The second-order valence-electron chi connectivity index (χ2n) is 7.70. The Bertz CT molecular complexity index is 858. The Kier molecular flexibility index (Phi) is 10.7. The van der Waals surface area contributed by atoms with Crippen molar-refractivity contribution in [1.29, 1.82) is 0 Å². The molecule has 2 aromatic carbocycles. The molecule has 6 heteroatoms. The predicted molar refractivity (Wildman–Crippen MR) is 128 cm³/mol. The van der Waals surface area contributed by atoms with Gasteiger partial charge in [0, 0.05) is 37.1 Å². The van der Waals surface area contributed by atoms with Crippen LogP contribution in [0, 0.1) is 11.8 Å². The molecule has 6 N–H and O–H groups in total. The lowest BCUT2D eigenvalue weighted by molar-refractivity contribution is 0.399. The van der Waals surface area contributed by atoms with Crippen molar-refractivity contribution in [2.24, 2.45) is 0 Å². The van der Waals surface area contributed by atoms with Gasteiger partial charge in [-0.05, 0) is 62.0 Å². The summed E-state index contributed by atoms with van der Waals surface area (Å²) in [6.45, 7) is 7.17. The molecule has 0 saturated carbocycles. The number of rotatable bonds is 12. The molecule has 0 radical (unpaired) electrons. The summed E-state index contributed by atoms with van der Waals surface area (Å²) < 4.78 is 0. The summed E-state index contributed by atoms with van der Waals surface area (Å²) in [6, 6.07) is 6.83. The molecule has 0 bridgehead atoms. The zero-order chi connectivity index (χ0) is 23.3. The molecule has 0 aliphatic rings. The molecule has 0 fully saturated rings. The van der Waals surface area contributed by atoms with Gasteiger partial charge in [-0.2, -0.15) is 0 Å². The van der Waals surface area contributed by atoms with Crippen LogP contribution in [0.4, 0.5) is 0 Å². The van der Waals surface area contributed by atoms with Crippen molar-refractivity contribution in [3.8, 4) is 34.8 Å². The van der Waals surface area contributed by atoms with Crippen LogP contribution in [0.15, 0.2) is 24.3 Å². The minimum Gasteiger partial charge on any atom is -0.504 e. The molecule has 0 saturated heterocycles. The summed E-state index contributed by atoms with van der Waals surface area (Å²) in [4.78, 5) is 0. The molecule has 2 rings (SSSR count). The fourth-order valence-electron chi connectivity index (χ4n) is 3.76. The molecular formula is C26H36N2O4. The van der Waals surface area contributed by atoms with Crippen molar-refractivity contribution >= 4 is 0 Å². The summed E-state index contributed by atoms with van der Waals surface area (Å²) in [5.74, 6) is 6.23. The molecular weight excluding hydrogens is 404 g/mol. The fraction of sp³-hybridized carbons (Fsp3) is 0.462. The minimum atomic E-state index is -0.0614. The number of phenolic OH excluding ortho intramolecular Hbond substituents is 4. The zero-order valence-corrected chi connectivity index (χ0v) is 19.2. The van der Waals surface area contributed by atoms with E-state index in [-0.39, 0.29) is 23.0 Å². The molecule has 0 atom stereocenters. The number of hydrogen-bond acceptors (Lipinski definition) is 6. The summed E-state index contributed by atoms with van der Waals surface area (Å²) >= 11 is 0. The molecule has 0 heterocycles. The van der Waals surface area contributed by atoms with Crippen molar-refractivity contribution in [3.63, 3.8) is 0 Å². The van der Waals surface area contributed by atoms with Gasteiger partial charge in [0.15, 0.2) is 23.0 Å². The van der Waals surface area contributed by atoms with Crippen LogP contribution in [0.3, 0.4) is 0 Å². The zero-order valence-electron chi connectivity index (χ0n) is 19.2. The second kappa shape index (κ2) is 13.5. The van der Waals surface area contributed by atoms with Gasteiger partial charge in [0.2, 0.25) is 0 Å². The van der Waals surface area contributed by atoms with Crippen LogP contribution in [-0.4, -0.2) is 46.6 Å². The Morgan fingerprint density at radius 3 is 1.41 bits per heavy atom. The van der Waals surface area contributed by atoms with Gasteiger partial charge in [-0.3, -0.25) is 0 Å². The predicted octanol–water partition coefficient (Wildman–Crippen LogP) is 3.38. The first-order chi connectivity index (χ1) is 15.5. The van der Waals surface area contributed by atoms with E-state index in [9.17, 15) is 20.4 Å². The maximum absolute atomic E-state index is 9.95. The highest BCUT2D eigenvalue weighted by atomic mass is 16.3. The maximum Gasteiger partial charge on any atom is 0.160 e. The van der Waals surface area contributed by atoms with Crippen LogP contribution in [0.25, 0.3) is 0 Å². The lowest BCUT2D eigenvalue weighted by Crippen LogP contribution is -2.19. The van der Waals surface area contributed by atoms with Gasteiger partial charge >= 0.3 is 0 Å². The van der Waals surface area contributed by atoms with E-state index < -0.39 is 0 Å². The van der Waals surface area contributed by atoms with Crippen molar-refractivity contribution in [3.05, 3.63) is 46.5 Å². The average Bonchev–Trinajstić information content (AvgIpc) is 2.79. The smallest absolute Gasteiger partial charge is 0.160 e. The summed E-state index contributed by atoms with van der Waals surface area (Å²) in [5, 5.41) is 45.8. The van der Waals surface area contributed by atoms with E-state index in [1.54, 1.807) is 12.1 Å². The van der Waals surface area contributed by atoms with E-state index in [1.807, 2.05) is 26.0 Å². The van der Waals surface area contributed by atoms with E-state index in [0.29, 0.717) is 12.8 Å². The number of hydrogen-bond donors (Lipinski definition) is 6. The number of aromatic hydroxyl groups is 4. The van der Waals surface area contributed by atoms with Crippen molar-refractivity contribution < 1.29 is 20.4 Å². The van der Waals surface area contributed by atoms with Gasteiger partial charge in [0.05, 0.1) is 0 Å². The van der Waals surface area contributed by atoms with Gasteiger partial charge in [-0.25, -0.2) is 0 Å². The van der Waals surface area contributed by atoms with E-state index in [0.717, 1.165) is 74.1 Å². The third kappa shape index (κ3) is 7.37. The van der Waals surface area contributed by atoms with Gasteiger partial charge < -0.3 is 31.1 Å². The number of benzene rings is 2. The lowest BCUT2D eigenvalue weighted by atomic mass is 10.0. The molecule has 174 valence electrons. The largest absolute Gasteiger partial charge is 0.504 e. The first-order valence-electron chi connectivity index (χ1n) is 11.4. The Morgan fingerprint density at radius 2 is 1.03 bits per heavy atom. The van der Waals surface area contributed by atoms with Crippen molar-refractivity contribution in [2.45, 2.75) is 52.4 Å². The van der Waals surface area contributed by atoms with Crippen LogP contribution >= 0.6 is 0 Å². The van der Waals surface area contributed by atoms with Crippen molar-refractivity contribution in [1.82, 2.24) is 10.6 Å². The Labute approximate surface area is 191 Å². The molecule has 0 unspecified atom stereocenters. The highest BCUT2D eigenvalue weighted by molar-refractivity contribution is 5.49. The minimum absolute atomic E-state index is 0.00325. The fourth-order valence-corrected chi connectivity index (χ4v) is 3.76. The summed E-state index contributed by atoms with van der Waals surface area (Å²) in [5.41, 5.74) is 3.74. The number of phenols is 4. The average molecular weight is 441 g/mol. The van der Waals surface area contributed by atoms with Gasteiger partial charge in [-0.15, -0.1) is 11.8 Å². The topological polar surface area (TPSA) is 105 Å². The van der Waals surface area contributed by atoms with Crippen LogP contribution in [0.2, 0.25) is 0 Å². The Balaban J connectivity index is 1.57. The third-order valence-corrected chi connectivity index (χ3v) is 5.54. The molecule has 32 heavy (non-hydrogen) atoms. The SMILES string of the molecule is CCc1c(CCNCCC#CCCNCCc2ccc(O)c(O)c2CC)ccc(O)c1O. The van der Waals surface area contributed by atoms with Crippen LogP contribution in [0.5, 0.6) is 23.0 Å². The Hall–Kier alpha value is -2.88. The molecule has 0 spiro atoms. The van der Waals surface area contributed by atoms with Gasteiger partial charge in [-0.1, -0.05) is 26.0 Å². The normalized spacial score (nSPS) is 10.7. The van der Waals surface area contributed by atoms with Crippen LogP contribution in [0.1, 0.15) is 48.9 Å². The number of nitrogens with one attached hydrogen (secondary N) is 2. The second-order valence-corrected chi connectivity index (χ2v) is 7.70. The van der Waals surface area contributed by atoms with Crippen LogP contribution in [-0.2, 0) is 25.7 Å². The standard InChI is InChI=1S/C26H36N2O4/c1-3-21-19(9-11-23(29)25(21)31)13-17-27-15-7-5-6-8-16-28-18-14-20-10-12-24(30)26(32)22(20)4-2/h9-12,27-32H,3-4,7-8,13-18H2,1-2H3. The molecule has 0 amide bonds. The van der Waals surface area contributed by atoms with E-state index in [2.05, 4.69) is 22.5 Å². The Morgan fingerprint density at radius 1 is 0.625 bits per heavy atom. The lowest BCUT2D eigenvalue weighted by Gasteiger charge is -2.11. The molecule has 0 aromatic heterocycles. The first kappa shape index (κ1) is 25.4. The van der Waals surface area contributed by atoms with Gasteiger partial charge in [0.25, 0.3) is 0 Å². The first-order valence-corrected chi connectivity index (χ1v) is 11.4. The molecule has 0 aliphatic carbocycles. The van der Waals surface area contributed by atoms with E-state index in [4.69, 9.17) is 0 Å². The van der Waals surface area contributed by atoms with Crippen molar-refractivity contribution in [2.75, 3.05) is 26.2 Å². The van der Waals surface area contributed by atoms with Gasteiger partial charge in [0.1, 0.15) is 0 Å².